The van der Waals surface area contributed by atoms with Crippen molar-refractivity contribution in [2.24, 2.45) is 5.41 Å². The van der Waals surface area contributed by atoms with Crippen molar-refractivity contribution in [2.45, 2.75) is 46.7 Å². The fourth-order valence-electron chi connectivity index (χ4n) is 2.93. The molecule has 1 aromatic heterocycles. The fraction of sp³-hybridized carbons (Fsp3) is 0.733. The molecule has 1 saturated heterocycles. The van der Waals surface area contributed by atoms with E-state index in [0.29, 0.717) is 5.41 Å². The van der Waals surface area contributed by atoms with Crippen LogP contribution < -0.4 is 5.32 Å². The van der Waals surface area contributed by atoms with Gasteiger partial charge in [-0.25, -0.2) is 0 Å². The normalized spacial score (nSPS) is 20.2. The molecule has 0 aromatic carbocycles. The molecule has 0 spiro atoms. The molecule has 3 heteroatoms. The molecule has 0 radical (unpaired) electrons. The van der Waals surface area contributed by atoms with Crippen molar-refractivity contribution in [1.29, 1.82) is 0 Å². The third-order valence-corrected chi connectivity index (χ3v) is 3.80. The number of piperidine rings is 1. The van der Waals surface area contributed by atoms with E-state index in [2.05, 4.69) is 37.1 Å². The Bertz CT molecular complexity index is 395. The van der Waals surface area contributed by atoms with Gasteiger partial charge in [0, 0.05) is 18.7 Å². The Labute approximate surface area is 111 Å². The first-order valence-electron chi connectivity index (χ1n) is 6.95. The number of rotatable bonds is 4. The molecule has 18 heavy (non-hydrogen) atoms. The number of hydrogen-bond donors (Lipinski definition) is 1. The van der Waals surface area contributed by atoms with Gasteiger partial charge in [-0.15, -0.1) is 0 Å². The van der Waals surface area contributed by atoms with Gasteiger partial charge in [-0.3, -0.25) is 4.90 Å². The van der Waals surface area contributed by atoms with E-state index in [1.54, 1.807) is 0 Å². The molecule has 0 unspecified atom stereocenters. The zero-order valence-electron chi connectivity index (χ0n) is 12.2. The van der Waals surface area contributed by atoms with E-state index in [1.807, 2.05) is 7.05 Å². The summed E-state index contributed by atoms with van der Waals surface area (Å²) in [5.74, 6) is 2.12. The highest BCUT2D eigenvalue weighted by molar-refractivity contribution is 5.20. The minimum absolute atomic E-state index is 0.462. The van der Waals surface area contributed by atoms with Crippen LogP contribution in [0.4, 0.5) is 0 Å². The molecular formula is C15H26N2O. The van der Waals surface area contributed by atoms with Crippen molar-refractivity contribution in [3.05, 3.63) is 23.2 Å². The van der Waals surface area contributed by atoms with Crippen LogP contribution in [0.25, 0.3) is 0 Å². The highest BCUT2D eigenvalue weighted by Crippen LogP contribution is 2.29. The summed E-state index contributed by atoms with van der Waals surface area (Å²) < 4.78 is 5.76. The summed E-state index contributed by atoms with van der Waals surface area (Å²) in [5, 5.41) is 3.13. The molecule has 3 nitrogen and oxygen atoms in total. The topological polar surface area (TPSA) is 28.4 Å². The molecule has 1 aromatic rings. The number of furan rings is 1. The van der Waals surface area contributed by atoms with Gasteiger partial charge in [0.2, 0.25) is 0 Å². The molecule has 1 fully saturated rings. The molecule has 102 valence electrons. The van der Waals surface area contributed by atoms with Gasteiger partial charge in [0.25, 0.3) is 0 Å². The highest BCUT2D eigenvalue weighted by Gasteiger charge is 2.26. The van der Waals surface area contributed by atoms with Crippen LogP contribution in [0, 0.1) is 12.3 Å². The zero-order chi connectivity index (χ0) is 13.2. The highest BCUT2D eigenvalue weighted by atomic mass is 16.3. The number of nitrogens with one attached hydrogen (secondary N) is 1. The molecule has 2 heterocycles. The lowest BCUT2D eigenvalue weighted by atomic mass is 9.84. The van der Waals surface area contributed by atoms with Crippen molar-refractivity contribution in [1.82, 2.24) is 10.2 Å². The van der Waals surface area contributed by atoms with Gasteiger partial charge in [0.05, 0.1) is 6.54 Å². The largest absolute Gasteiger partial charge is 0.465 e. The predicted molar refractivity (Wildman–Crippen MR) is 74.5 cm³/mol. The van der Waals surface area contributed by atoms with Gasteiger partial charge in [-0.1, -0.05) is 13.8 Å². The van der Waals surface area contributed by atoms with Crippen molar-refractivity contribution in [2.75, 3.05) is 20.1 Å². The van der Waals surface area contributed by atoms with E-state index in [9.17, 15) is 0 Å². The average molecular weight is 250 g/mol. The first kappa shape index (κ1) is 13.6. The molecule has 1 aliphatic rings. The van der Waals surface area contributed by atoms with Crippen LogP contribution in [0.3, 0.4) is 0 Å². The maximum atomic E-state index is 5.76. The van der Waals surface area contributed by atoms with E-state index in [1.165, 1.54) is 31.5 Å². The molecule has 0 amide bonds. The lowest BCUT2D eigenvalue weighted by molar-refractivity contribution is 0.111. The van der Waals surface area contributed by atoms with Crippen LogP contribution in [0.15, 0.2) is 10.5 Å². The molecule has 1 aliphatic heterocycles. The Morgan fingerprint density at radius 1 is 1.44 bits per heavy atom. The minimum Gasteiger partial charge on any atom is -0.465 e. The van der Waals surface area contributed by atoms with Gasteiger partial charge in [-0.2, -0.15) is 0 Å². The summed E-state index contributed by atoms with van der Waals surface area (Å²) in [6.45, 7) is 11.1. The van der Waals surface area contributed by atoms with E-state index >= 15 is 0 Å². The maximum Gasteiger partial charge on any atom is 0.118 e. The molecule has 1 N–H and O–H groups in total. The standard InChI is InChI=1S/C15H26N2O/c1-12-13(8-14(18-12)9-16-4)10-17-7-5-6-15(2,3)11-17/h8,16H,5-7,9-11H2,1-4H3. The number of hydrogen-bond acceptors (Lipinski definition) is 3. The van der Waals surface area contributed by atoms with Crippen LogP contribution in [-0.2, 0) is 13.1 Å². The van der Waals surface area contributed by atoms with E-state index in [4.69, 9.17) is 4.42 Å². The van der Waals surface area contributed by atoms with Crippen molar-refractivity contribution >= 4 is 0 Å². The molecular weight excluding hydrogens is 224 g/mol. The second kappa shape index (κ2) is 5.45. The van der Waals surface area contributed by atoms with Crippen molar-refractivity contribution in [3.8, 4) is 0 Å². The fourth-order valence-corrected chi connectivity index (χ4v) is 2.93. The first-order valence-corrected chi connectivity index (χ1v) is 6.95. The Hall–Kier alpha value is -0.800. The lowest BCUT2D eigenvalue weighted by Crippen LogP contribution is -2.39. The van der Waals surface area contributed by atoms with E-state index < -0.39 is 0 Å². The Morgan fingerprint density at radius 2 is 2.22 bits per heavy atom. The SMILES string of the molecule is CNCc1cc(CN2CCCC(C)(C)C2)c(C)o1. The molecule has 0 bridgehead atoms. The van der Waals surface area contributed by atoms with Crippen molar-refractivity contribution in [3.63, 3.8) is 0 Å². The van der Waals surface area contributed by atoms with Crippen molar-refractivity contribution < 1.29 is 4.42 Å². The predicted octanol–water partition coefficient (Wildman–Crippen LogP) is 2.93. The number of nitrogens with zero attached hydrogens (tertiary/aromatic N) is 1. The summed E-state index contributed by atoms with van der Waals surface area (Å²) in [6.07, 6.45) is 2.66. The second-order valence-corrected chi connectivity index (χ2v) is 6.30. The zero-order valence-corrected chi connectivity index (χ0v) is 12.2. The van der Waals surface area contributed by atoms with Crippen LogP contribution in [-0.4, -0.2) is 25.0 Å². The van der Waals surface area contributed by atoms with Crippen LogP contribution >= 0.6 is 0 Å². The van der Waals surface area contributed by atoms with Crippen LogP contribution in [0.1, 0.15) is 43.8 Å². The quantitative estimate of drug-likeness (QED) is 0.890. The van der Waals surface area contributed by atoms with E-state index in [0.717, 1.165) is 24.6 Å². The monoisotopic (exact) mass is 250 g/mol. The average Bonchev–Trinajstić information content (AvgIpc) is 2.58. The molecule has 0 saturated carbocycles. The van der Waals surface area contributed by atoms with Crippen LogP contribution in [0.2, 0.25) is 0 Å². The summed E-state index contributed by atoms with van der Waals surface area (Å²) in [5.41, 5.74) is 1.81. The van der Waals surface area contributed by atoms with Gasteiger partial charge in [0.1, 0.15) is 11.5 Å². The number of aryl methyl sites for hydroxylation is 1. The number of likely N-dealkylation sites (tertiary alicyclic amines) is 1. The second-order valence-electron chi connectivity index (χ2n) is 6.30. The van der Waals surface area contributed by atoms with Crippen LogP contribution in [0.5, 0.6) is 0 Å². The minimum atomic E-state index is 0.462. The third-order valence-electron chi connectivity index (χ3n) is 3.80. The smallest absolute Gasteiger partial charge is 0.118 e. The van der Waals surface area contributed by atoms with Gasteiger partial charge in [0.15, 0.2) is 0 Å². The summed E-state index contributed by atoms with van der Waals surface area (Å²) >= 11 is 0. The summed E-state index contributed by atoms with van der Waals surface area (Å²) in [7, 11) is 1.95. The van der Waals surface area contributed by atoms with Gasteiger partial charge in [-0.05, 0) is 44.8 Å². The lowest BCUT2D eigenvalue weighted by Gasteiger charge is -2.37. The summed E-state index contributed by atoms with van der Waals surface area (Å²) in [4.78, 5) is 2.56. The summed E-state index contributed by atoms with van der Waals surface area (Å²) in [6, 6.07) is 2.20. The Morgan fingerprint density at radius 3 is 2.89 bits per heavy atom. The Kier molecular flexibility index (Phi) is 4.13. The third kappa shape index (κ3) is 3.36. The first-order chi connectivity index (χ1) is 8.50. The maximum absolute atomic E-state index is 5.76. The molecule has 2 rings (SSSR count). The molecule has 0 atom stereocenters. The van der Waals surface area contributed by atoms with Gasteiger partial charge < -0.3 is 9.73 Å². The van der Waals surface area contributed by atoms with E-state index in [-0.39, 0.29) is 0 Å². The molecule has 0 aliphatic carbocycles. The van der Waals surface area contributed by atoms with Gasteiger partial charge >= 0.3 is 0 Å². The Balaban J connectivity index is 2.00.